The van der Waals surface area contributed by atoms with Crippen molar-refractivity contribution < 1.29 is 8.76 Å². The van der Waals surface area contributed by atoms with Crippen LogP contribution in [0.1, 0.15) is 5.56 Å². The first kappa shape index (κ1) is 9.92. The molecule has 66 valence electrons. The molecule has 1 aromatic rings. The van der Waals surface area contributed by atoms with Gasteiger partial charge in [-0.05, 0) is 17.7 Å². The minimum Gasteiger partial charge on any atom is -0.305 e. The number of benzene rings is 1. The van der Waals surface area contributed by atoms with E-state index in [2.05, 4.69) is 11.2 Å². The highest BCUT2D eigenvalue weighted by Gasteiger charge is 2.01. The van der Waals surface area contributed by atoms with Gasteiger partial charge in [0, 0.05) is 16.2 Å². The normalized spacial score (nSPS) is 15.5. The second kappa shape index (κ2) is 3.70. The van der Waals surface area contributed by atoms with Crippen LogP contribution in [0.2, 0.25) is 5.02 Å². The molecule has 0 saturated heterocycles. The average molecular weight is 223 g/mol. The molecule has 0 radical (unpaired) electrons. The van der Waals surface area contributed by atoms with Crippen LogP contribution in [0.15, 0.2) is 24.3 Å². The standard InChI is InChI=1S/C7H7ClO2S2/c8-7-3-1-6(2-4-7)5-12(9,10)11/h1-4H,5H2,(H,9,10,11). The van der Waals surface area contributed by atoms with Gasteiger partial charge in [-0.25, -0.2) is 4.21 Å². The molecule has 0 fully saturated rings. The Labute approximate surface area is 81.1 Å². The molecule has 0 aliphatic carbocycles. The summed E-state index contributed by atoms with van der Waals surface area (Å²) >= 11 is 9.97. The molecule has 1 unspecified atom stereocenters. The lowest BCUT2D eigenvalue weighted by molar-refractivity contribution is 0.561. The third-order valence-corrected chi connectivity index (χ3v) is 2.57. The van der Waals surface area contributed by atoms with Crippen molar-refractivity contribution >= 4 is 31.6 Å². The van der Waals surface area contributed by atoms with Crippen LogP contribution in [-0.4, -0.2) is 8.76 Å². The Kier molecular flexibility index (Phi) is 3.06. The van der Waals surface area contributed by atoms with E-state index in [0.29, 0.717) is 5.02 Å². The first-order chi connectivity index (χ1) is 5.47. The largest absolute Gasteiger partial charge is 0.305 e. The molecule has 0 bridgehead atoms. The Bertz CT molecular complexity index is 355. The maximum atomic E-state index is 10.8. The predicted octanol–water partition coefficient (Wildman–Crippen LogP) is 2.06. The second-order valence-electron chi connectivity index (χ2n) is 2.35. The highest BCUT2D eigenvalue weighted by Crippen LogP contribution is 2.11. The molecule has 12 heavy (non-hydrogen) atoms. The molecular weight excluding hydrogens is 216 g/mol. The van der Waals surface area contributed by atoms with Crippen LogP contribution >= 0.6 is 11.6 Å². The van der Waals surface area contributed by atoms with E-state index >= 15 is 0 Å². The summed E-state index contributed by atoms with van der Waals surface area (Å²) < 4.78 is 19.6. The van der Waals surface area contributed by atoms with Crippen LogP contribution < -0.4 is 0 Å². The van der Waals surface area contributed by atoms with Gasteiger partial charge >= 0.3 is 0 Å². The molecule has 1 atom stereocenters. The lowest BCUT2D eigenvalue weighted by Crippen LogP contribution is -1.99. The van der Waals surface area contributed by atoms with Crippen molar-refractivity contribution in [3.05, 3.63) is 34.9 Å². The second-order valence-corrected chi connectivity index (χ2v) is 5.80. The van der Waals surface area contributed by atoms with Gasteiger partial charge in [0.15, 0.2) is 0 Å². The van der Waals surface area contributed by atoms with Gasteiger partial charge in [-0.15, -0.1) is 0 Å². The third-order valence-electron chi connectivity index (χ3n) is 1.26. The zero-order valence-corrected chi connectivity index (χ0v) is 8.46. The molecule has 0 amide bonds. The average Bonchev–Trinajstić information content (AvgIpc) is 1.91. The van der Waals surface area contributed by atoms with E-state index in [1.54, 1.807) is 24.3 Å². The molecule has 1 N–H and O–H groups in total. The van der Waals surface area contributed by atoms with Crippen molar-refractivity contribution in [2.45, 2.75) is 5.75 Å². The molecule has 0 spiro atoms. The maximum Gasteiger partial charge on any atom is 0.145 e. The van der Waals surface area contributed by atoms with E-state index in [1.807, 2.05) is 0 Å². The van der Waals surface area contributed by atoms with Crippen LogP contribution in [0.4, 0.5) is 0 Å². The fourth-order valence-corrected chi connectivity index (χ4v) is 1.94. The van der Waals surface area contributed by atoms with Crippen molar-refractivity contribution in [3.8, 4) is 0 Å². The zero-order chi connectivity index (χ0) is 9.19. The molecule has 0 aliphatic rings. The highest BCUT2D eigenvalue weighted by atomic mass is 35.5. The summed E-state index contributed by atoms with van der Waals surface area (Å²) in [6.07, 6.45) is 0. The quantitative estimate of drug-likeness (QED) is 0.833. The monoisotopic (exact) mass is 222 g/mol. The minimum atomic E-state index is -3.10. The van der Waals surface area contributed by atoms with Crippen molar-refractivity contribution in [1.82, 2.24) is 0 Å². The molecule has 5 heteroatoms. The fourth-order valence-electron chi connectivity index (χ4n) is 0.791. The summed E-state index contributed by atoms with van der Waals surface area (Å²) in [7, 11) is -3.10. The van der Waals surface area contributed by atoms with E-state index in [0.717, 1.165) is 5.56 Å². The highest BCUT2D eigenvalue weighted by molar-refractivity contribution is 8.29. The Hall–Kier alpha value is -0.160. The molecule has 0 aromatic heterocycles. The van der Waals surface area contributed by atoms with E-state index < -0.39 is 8.77 Å². The van der Waals surface area contributed by atoms with E-state index in [9.17, 15) is 4.21 Å². The lowest BCUT2D eigenvalue weighted by Gasteiger charge is -1.99. The van der Waals surface area contributed by atoms with Crippen LogP contribution in [0.5, 0.6) is 0 Å². The molecule has 0 heterocycles. The van der Waals surface area contributed by atoms with Gasteiger partial charge < -0.3 is 4.55 Å². The molecule has 0 saturated carbocycles. The third kappa shape index (κ3) is 3.49. The zero-order valence-electron chi connectivity index (χ0n) is 6.07. The summed E-state index contributed by atoms with van der Waals surface area (Å²) in [6.45, 7) is 0. The van der Waals surface area contributed by atoms with Crippen LogP contribution in [-0.2, 0) is 25.7 Å². The first-order valence-electron chi connectivity index (χ1n) is 3.17. The van der Waals surface area contributed by atoms with Gasteiger partial charge in [-0.1, -0.05) is 23.7 Å². The molecule has 1 rings (SSSR count). The van der Waals surface area contributed by atoms with Crippen molar-refractivity contribution in [1.29, 1.82) is 0 Å². The van der Waals surface area contributed by atoms with Crippen molar-refractivity contribution in [2.75, 3.05) is 0 Å². The summed E-state index contributed by atoms with van der Waals surface area (Å²) in [5, 5.41) is 0.604. The topological polar surface area (TPSA) is 37.3 Å². The van der Waals surface area contributed by atoms with Gasteiger partial charge in [0.2, 0.25) is 0 Å². The van der Waals surface area contributed by atoms with Gasteiger partial charge in [-0.3, -0.25) is 0 Å². The van der Waals surface area contributed by atoms with Crippen molar-refractivity contribution in [2.24, 2.45) is 0 Å². The fraction of sp³-hybridized carbons (Fsp3) is 0.143. The summed E-state index contributed by atoms with van der Waals surface area (Å²) in [5.74, 6) is -0.000494. The lowest BCUT2D eigenvalue weighted by atomic mass is 10.2. The van der Waals surface area contributed by atoms with Gasteiger partial charge in [0.05, 0.1) is 5.75 Å². The summed E-state index contributed by atoms with van der Waals surface area (Å²) in [5.41, 5.74) is 0.724. The van der Waals surface area contributed by atoms with Crippen LogP contribution in [0.3, 0.4) is 0 Å². The van der Waals surface area contributed by atoms with Crippen LogP contribution in [0, 0.1) is 0 Å². The Morgan fingerprint density at radius 2 is 1.92 bits per heavy atom. The summed E-state index contributed by atoms with van der Waals surface area (Å²) in [4.78, 5) is 0. The smallest absolute Gasteiger partial charge is 0.145 e. The number of halogens is 1. The Morgan fingerprint density at radius 3 is 2.33 bits per heavy atom. The van der Waals surface area contributed by atoms with Gasteiger partial charge in [0.25, 0.3) is 0 Å². The predicted molar refractivity (Wildman–Crippen MR) is 53.3 cm³/mol. The van der Waals surface area contributed by atoms with E-state index in [1.165, 1.54) is 0 Å². The van der Waals surface area contributed by atoms with Gasteiger partial charge in [-0.2, -0.15) is 0 Å². The van der Waals surface area contributed by atoms with Gasteiger partial charge in [0.1, 0.15) is 8.77 Å². The molecule has 1 aromatic carbocycles. The maximum absolute atomic E-state index is 10.8. The molecule has 2 nitrogen and oxygen atoms in total. The molecule has 0 aliphatic heterocycles. The number of rotatable bonds is 2. The van der Waals surface area contributed by atoms with E-state index in [4.69, 9.17) is 16.2 Å². The Morgan fingerprint density at radius 1 is 1.42 bits per heavy atom. The summed E-state index contributed by atoms with van der Waals surface area (Å²) in [6, 6.07) is 6.70. The van der Waals surface area contributed by atoms with E-state index in [-0.39, 0.29) is 5.75 Å². The minimum absolute atomic E-state index is 0.000494. The Balaban J connectivity index is 2.85. The number of hydrogen-bond donors (Lipinski definition) is 1. The SMILES string of the molecule is O=S(O)(=S)Cc1ccc(Cl)cc1. The van der Waals surface area contributed by atoms with Crippen LogP contribution in [0.25, 0.3) is 0 Å². The molecular formula is C7H7ClO2S2. The first-order valence-corrected chi connectivity index (χ1v) is 6.16. The number of hydrogen-bond acceptors (Lipinski definition) is 2. The van der Waals surface area contributed by atoms with Crippen molar-refractivity contribution in [3.63, 3.8) is 0 Å².